The molecule has 0 spiro atoms. The fraction of sp³-hybridized carbons (Fsp3) is 0.482. The number of imide groups is 1. The molecular weight excluding hydrogens is 903 g/mol. The summed E-state index contributed by atoms with van der Waals surface area (Å²) in [4.78, 5) is 62.7. The molecule has 2 fully saturated rings. The van der Waals surface area contributed by atoms with Crippen LogP contribution in [0.25, 0.3) is 10.9 Å². The van der Waals surface area contributed by atoms with E-state index in [2.05, 4.69) is 24.2 Å². The summed E-state index contributed by atoms with van der Waals surface area (Å²) in [6.45, 7) is 22.1. The van der Waals surface area contributed by atoms with Crippen molar-refractivity contribution < 1.29 is 47.6 Å². The second-order valence-electron chi connectivity index (χ2n) is 21.8. The zero-order valence-electron chi connectivity index (χ0n) is 43.4. The lowest BCUT2D eigenvalue weighted by Gasteiger charge is -2.37. The molecule has 2 saturated heterocycles. The van der Waals surface area contributed by atoms with Crippen molar-refractivity contribution in [2.75, 3.05) is 11.5 Å². The highest BCUT2D eigenvalue weighted by Crippen LogP contribution is 2.41. The van der Waals surface area contributed by atoms with E-state index in [0.29, 0.717) is 29.9 Å². The quantitative estimate of drug-likeness (QED) is 0.0819. The Kier molecular flexibility index (Phi) is 15.6. The van der Waals surface area contributed by atoms with Crippen LogP contribution in [0.15, 0.2) is 103 Å². The first-order valence-corrected chi connectivity index (χ1v) is 24.6. The van der Waals surface area contributed by atoms with Gasteiger partial charge in [-0.25, -0.2) is 19.2 Å². The molecule has 0 radical (unpaired) electrons. The number of carbonyl (C=O) groups is 4. The van der Waals surface area contributed by atoms with Crippen molar-refractivity contribution in [1.29, 1.82) is 0 Å². The Hall–Kier alpha value is -6.45. The van der Waals surface area contributed by atoms with Crippen LogP contribution in [0.2, 0.25) is 0 Å². The average Bonchev–Trinajstić information content (AvgIpc) is 3.79. The minimum absolute atomic E-state index is 0.0357. The van der Waals surface area contributed by atoms with E-state index < -0.39 is 65.2 Å². The molecule has 0 unspecified atom stereocenters. The summed E-state index contributed by atoms with van der Waals surface area (Å²) in [6.07, 6.45) is -1.23. The highest BCUT2D eigenvalue weighted by atomic mass is 16.8. The molecule has 0 saturated carbocycles. The molecule has 7 rings (SSSR count). The number of unbranched alkanes of at least 4 members (excludes halogenated alkanes) is 1. The SMILES string of the molecule is CCCCOc1ccc(CN2C(=O)N(Cc3ccc4c(c3)c(N(C(=O)OC(C)(C)C)C(=O)OC(C)(C)C)nn4C(=O)OC(C)(C)C)[C@H](Cc3ccccc3)[C@@H]3OC(C)(C)O[C@H]3[C@H]2Cc2ccccc2)cc1. The summed E-state index contributed by atoms with van der Waals surface area (Å²) in [7, 11) is 0. The number of benzene rings is 4. The monoisotopic (exact) mass is 974 g/mol. The maximum Gasteiger partial charge on any atom is 0.435 e. The number of nitrogens with zero attached hydrogens (tertiary/aromatic N) is 5. The van der Waals surface area contributed by atoms with E-state index in [0.717, 1.165) is 40.0 Å². The molecule has 4 aromatic carbocycles. The van der Waals surface area contributed by atoms with Crippen molar-refractivity contribution in [1.82, 2.24) is 19.6 Å². The van der Waals surface area contributed by atoms with Crippen LogP contribution < -0.4 is 9.64 Å². The van der Waals surface area contributed by atoms with Crippen LogP contribution in [-0.2, 0) is 49.6 Å². The molecule has 0 N–H and O–H groups in total. The van der Waals surface area contributed by atoms with E-state index >= 15 is 4.79 Å². The van der Waals surface area contributed by atoms with Gasteiger partial charge in [0, 0.05) is 18.5 Å². The van der Waals surface area contributed by atoms with Crippen LogP contribution in [0.5, 0.6) is 5.75 Å². The Bertz CT molecular complexity index is 2620. The second-order valence-corrected chi connectivity index (χ2v) is 21.8. The van der Waals surface area contributed by atoms with E-state index in [4.69, 9.17) is 28.4 Å². The molecule has 71 heavy (non-hydrogen) atoms. The van der Waals surface area contributed by atoms with Crippen LogP contribution >= 0.6 is 0 Å². The van der Waals surface area contributed by atoms with Crippen molar-refractivity contribution in [3.63, 3.8) is 0 Å². The fourth-order valence-corrected chi connectivity index (χ4v) is 8.89. The van der Waals surface area contributed by atoms with Gasteiger partial charge in [0.25, 0.3) is 0 Å². The summed E-state index contributed by atoms with van der Waals surface area (Å²) >= 11 is 0. The number of urea groups is 1. The number of amides is 4. The van der Waals surface area contributed by atoms with Gasteiger partial charge in [-0.05, 0) is 142 Å². The fourth-order valence-electron chi connectivity index (χ4n) is 8.89. The topological polar surface area (TPSA) is 151 Å². The second kappa shape index (κ2) is 21.1. The first-order chi connectivity index (χ1) is 33.4. The Morgan fingerprint density at radius 3 is 1.61 bits per heavy atom. The van der Waals surface area contributed by atoms with E-state index in [1.54, 1.807) is 80.5 Å². The van der Waals surface area contributed by atoms with E-state index in [1.165, 1.54) is 0 Å². The summed E-state index contributed by atoms with van der Waals surface area (Å²) in [5.74, 6) is -0.461. The molecule has 380 valence electrons. The number of fused-ring (bicyclic) bond motifs is 2. The molecule has 0 bridgehead atoms. The van der Waals surface area contributed by atoms with Crippen molar-refractivity contribution in [2.45, 2.75) is 169 Å². The molecule has 2 aliphatic rings. The standard InChI is InChI=1S/C56H71N5O10/c1-13-14-31-66-41-28-25-39(26-29-41)35-58-44(33-37-21-17-15-18-22-37)46-47(68-56(11,12)67-46)45(34-38-23-19-16-20-24-38)59(49(58)62)36-40-27-30-43-42(32-40)48(57-61(43)52(65)71-55(8,9)10)60(50(63)69-53(2,3)4)51(64)70-54(5,6)7/h15-30,32,44-47H,13-14,31,33-36H2,1-12H3/t44-,45-,46+,47+/m1/s1. The van der Waals surface area contributed by atoms with Gasteiger partial charge in [0.2, 0.25) is 0 Å². The van der Waals surface area contributed by atoms with Gasteiger partial charge in [0.1, 0.15) is 34.8 Å². The Balaban J connectivity index is 1.40. The van der Waals surface area contributed by atoms with Gasteiger partial charge in [-0.2, -0.15) is 9.58 Å². The normalized spacial score (nSPS) is 19.2. The smallest absolute Gasteiger partial charge is 0.435 e. The first-order valence-electron chi connectivity index (χ1n) is 24.6. The van der Waals surface area contributed by atoms with E-state index in [-0.39, 0.29) is 35.8 Å². The van der Waals surface area contributed by atoms with Gasteiger partial charge in [-0.3, -0.25) is 0 Å². The van der Waals surface area contributed by atoms with Gasteiger partial charge < -0.3 is 38.2 Å². The molecule has 3 heterocycles. The predicted molar refractivity (Wildman–Crippen MR) is 271 cm³/mol. The third-order valence-electron chi connectivity index (χ3n) is 11.8. The molecule has 1 aromatic heterocycles. The van der Waals surface area contributed by atoms with Crippen LogP contribution in [0.1, 0.15) is 118 Å². The molecular formula is C56H71N5O10. The number of rotatable bonds is 13. The van der Waals surface area contributed by atoms with Crippen LogP contribution in [-0.4, -0.2) is 97.4 Å². The third kappa shape index (κ3) is 13.3. The predicted octanol–water partition coefficient (Wildman–Crippen LogP) is 11.9. The Labute approximate surface area is 418 Å². The molecule has 15 heteroatoms. The molecule has 0 aliphatic carbocycles. The van der Waals surface area contributed by atoms with Gasteiger partial charge in [-0.15, -0.1) is 5.10 Å². The number of ether oxygens (including phenoxy) is 6. The summed E-state index contributed by atoms with van der Waals surface area (Å²) in [5, 5.41) is 4.82. The number of hydrogen-bond acceptors (Lipinski definition) is 11. The highest BCUT2D eigenvalue weighted by Gasteiger charge is 2.55. The van der Waals surface area contributed by atoms with Crippen molar-refractivity contribution in [3.8, 4) is 5.75 Å². The van der Waals surface area contributed by atoms with E-state index in [1.807, 2.05) is 96.4 Å². The largest absolute Gasteiger partial charge is 0.494 e. The maximum atomic E-state index is 16.0. The molecule has 5 aromatic rings. The summed E-state index contributed by atoms with van der Waals surface area (Å²) in [5.41, 5.74) is 0.802. The first kappa shape index (κ1) is 52.4. The Morgan fingerprint density at radius 1 is 0.648 bits per heavy atom. The molecule has 2 aliphatic heterocycles. The van der Waals surface area contributed by atoms with E-state index in [9.17, 15) is 14.4 Å². The Morgan fingerprint density at radius 2 is 1.13 bits per heavy atom. The van der Waals surface area contributed by atoms with Crippen molar-refractivity contribution >= 4 is 41.0 Å². The minimum atomic E-state index is -1.06. The maximum absolute atomic E-state index is 16.0. The number of carbonyl (C=O) groups excluding carboxylic acids is 4. The van der Waals surface area contributed by atoms with Gasteiger partial charge in [0.15, 0.2) is 11.6 Å². The third-order valence-corrected chi connectivity index (χ3v) is 11.8. The summed E-state index contributed by atoms with van der Waals surface area (Å²) in [6, 6.07) is 31.9. The van der Waals surface area contributed by atoms with Gasteiger partial charge in [0.05, 0.1) is 24.2 Å². The van der Waals surface area contributed by atoms with Crippen molar-refractivity contribution in [3.05, 3.63) is 125 Å². The lowest BCUT2D eigenvalue weighted by atomic mass is 9.91. The van der Waals surface area contributed by atoms with Crippen LogP contribution in [0.4, 0.5) is 25.0 Å². The molecule has 4 amide bonds. The van der Waals surface area contributed by atoms with Crippen LogP contribution in [0, 0.1) is 0 Å². The highest BCUT2D eigenvalue weighted by molar-refractivity contribution is 6.14. The lowest BCUT2D eigenvalue weighted by molar-refractivity contribution is -0.157. The molecule has 15 nitrogen and oxygen atoms in total. The zero-order chi connectivity index (χ0) is 51.5. The number of hydrogen-bond donors (Lipinski definition) is 0. The van der Waals surface area contributed by atoms with Gasteiger partial charge >= 0.3 is 24.3 Å². The van der Waals surface area contributed by atoms with Crippen molar-refractivity contribution in [2.24, 2.45) is 0 Å². The minimum Gasteiger partial charge on any atom is -0.494 e. The number of aromatic nitrogens is 2. The lowest BCUT2D eigenvalue weighted by Crippen LogP contribution is -2.51. The number of anilines is 1. The van der Waals surface area contributed by atoms with Crippen LogP contribution in [0.3, 0.4) is 0 Å². The summed E-state index contributed by atoms with van der Waals surface area (Å²) < 4.78 is 38.2. The molecule has 4 atom stereocenters. The zero-order valence-corrected chi connectivity index (χ0v) is 43.4. The average molecular weight is 974 g/mol. The van der Waals surface area contributed by atoms with Gasteiger partial charge in [-0.1, -0.05) is 92.2 Å².